The van der Waals surface area contributed by atoms with Gasteiger partial charge in [-0.1, -0.05) is 11.6 Å². The summed E-state index contributed by atoms with van der Waals surface area (Å²) in [4.78, 5) is 7.65. The minimum absolute atomic E-state index is 0.0831. The molecule has 2 aromatic rings. The number of hydrogen-bond acceptors (Lipinski definition) is 3. The number of nitrogens with zero attached hydrogens (tertiary/aromatic N) is 2. The zero-order valence-electron chi connectivity index (χ0n) is 12.1. The van der Waals surface area contributed by atoms with Crippen LogP contribution in [0.5, 0.6) is 11.5 Å². The van der Waals surface area contributed by atoms with E-state index in [0.29, 0.717) is 27.8 Å². The number of guanidine groups is 2. The number of halogens is 1. The maximum atomic E-state index is 9.50. The van der Waals surface area contributed by atoms with Crippen molar-refractivity contribution in [2.24, 2.45) is 27.2 Å². The highest BCUT2D eigenvalue weighted by Crippen LogP contribution is 2.29. The molecule has 0 saturated carbocycles. The van der Waals surface area contributed by atoms with Gasteiger partial charge in [-0.25, -0.2) is 4.99 Å². The van der Waals surface area contributed by atoms with Gasteiger partial charge >= 0.3 is 0 Å². The Labute approximate surface area is 138 Å². The Morgan fingerprint density at radius 2 is 1.78 bits per heavy atom. The average molecular weight is 334 g/mol. The SMILES string of the molecule is NC(N)=NC(N)=Nc1ccc(Oc2ccc(Cl)cc2)c(CO)c1. The Morgan fingerprint density at radius 3 is 2.39 bits per heavy atom. The predicted octanol–water partition coefficient (Wildman–Crippen LogP) is 1.84. The summed E-state index contributed by atoms with van der Waals surface area (Å²) in [5, 5.41) is 10.1. The van der Waals surface area contributed by atoms with E-state index in [4.69, 9.17) is 33.5 Å². The van der Waals surface area contributed by atoms with Crippen LogP contribution in [0, 0.1) is 0 Å². The van der Waals surface area contributed by atoms with Gasteiger partial charge < -0.3 is 27.0 Å². The van der Waals surface area contributed by atoms with E-state index in [1.807, 2.05) is 0 Å². The van der Waals surface area contributed by atoms with Crippen molar-refractivity contribution in [2.45, 2.75) is 6.61 Å². The van der Waals surface area contributed by atoms with Crippen LogP contribution in [0.25, 0.3) is 0 Å². The molecule has 7 nitrogen and oxygen atoms in total. The van der Waals surface area contributed by atoms with E-state index >= 15 is 0 Å². The molecule has 0 aliphatic carbocycles. The lowest BCUT2D eigenvalue weighted by Gasteiger charge is -2.10. The second-order valence-corrected chi connectivity index (χ2v) is 4.95. The van der Waals surface area contributed by atoms with Crippen LogP contribution in [0.1, 0.15) is 5.56 Å². The molecular formula is C15H16ClN5O2. The number of benzene rings is 2. The van der Waals surface area contributed by atoms with Crippen molar-refractivity contribution >= 4 is 29.2 Å². The molecule has 0 bridgehead atoms. The molecule has 120 valence electrons. The number of hydrogen-bond donors (Lipinski definition) is 4. The highest BCUT2D eigenvalue weighted by Gasteiger charge is 2.06. The predicted molar refractivity (Wildman–Crippen MR) is 91.0 cm³/mol. The third-order valence-electron chi connectivity index (χ3n) is 2.74. The molecule has 0 unspecified atom stereocenters. The first kappa shape index (κ1) is 16.6. The summed E-state index contributed by atoms with van der Waals surface area (Å²) in [7, 11) is 0. The smallest absolute Gasteiger partial charge is 0.223 e. The van der Waals surface area contributed by atoms with E-state index < -0.39 is 0 Å². The number of rotatable bonds is 4. The Morgan fingerprint density at radius 1 is 1.09 bits per heavy atom. The quantitative estimate of drug-likeness (QED) is 0.500. The fraction of sp³-hybridized carbons (Fsp3) is 0.0667. The molecule has 2 rings (SSSR count). The Balaban J connectivity index is 2.26. The minimum atomic E-state index is -0.228. The van der Waals surface area contributed by atoms with E-state index in [2.05, 4.69) is 9.98 Å². The minimum Gasteiger partial charge on any atom is -0.457 e. The standard InChI is InChI=1S/C15H16ClN5O2/c16-10-1-4-12(5-2-10)23-13-6-3-11(7-9(13)8-22)20-15(19)21-14(17)18/h1-7,22H,8H2,(H6,17,18,19,20,21). The molecule has 0 spiro atoms. The van der Waals surface area contributed by atoms with Gasteiger partial charge in [0.05, 0.1) is 12.3 Å². The third-order valence-corrected chi connectivity index (χ3v) is 3.00. The Bertz CT molecular complexity index is 740. The lowest BCUT2D eigenvalue weighted by atomic mass is 10.2. The molecule has 7 N–H and O–H groups in total. The van der Waals surface area contributed by atoms with Crippen LogP contribution < -0.4 is 21.9 Å². The number of aliphatic imine (C=N–C) groups is 2. The van der Waals surface area contributed by atoms with E-state index in [1.54, 1.807) is 42.5 Å². The average Bonchev–Trinajstić information content (AvgIpc) is 2.50. The second kappa shape index (κ2) is 7.48. The highest BCUT2D eigenvalue weighted by atomic mass is 35.5. The normalized spacial score (nSPS) is 11.1. The summed E-state index contributed by atoms with van der Waals surface area (Å²) in [6.07, 6.45) is 0. The summed E-state index contributed by atoms with van der Waals surface area (Å²) in [6, 6.07) is 11.8. The van der Waals surface area contributed by atoms with Crippen LogP contribution in [0.2, 0.25) is 5.02 Å². The Hall–Kier alpha value is -2.77. The lowest BCUT2D eigenvalue weighted by Crippen LogP contribution is -2.26. The van der Waals surface area contributed by atoms with Gasteiger partial charge in [-0.2, -0.15) is 4.99 Å². The van der Waals surface area contributed by atoms with Crippen LogP contribution in [0.15, 0.2) is 52.4 Å². The highest BCUT2D eigenvalue weighted by molar-refractivity contribution is 6.30. The zero-order valence-corrected chi connectivity index (χ0v) is 12.9. The largest absolute Gasteiger partial charge is 0.457 e. The van der Waals surface area contributed by atoms with Gasteiger partial charge in [0.2, 0.25) is 5.96 Å². The third kappa shape index (κ3) is 4.87. The van der Waals surface area contributed by atoms with Crippen molar-refractivity contribution < 1.29 is 9.84 Å². The summed E-state index contributed by atoms with van der Waals surface area (Å²) in [5.74, 6) is 0.825. The summed E-state index contributed by atoms with van der Waals surface area (Å²) >= 11 is 5.83. The summed E-state index contributed by atoms with van der Waals surface area (Å²) < 4.78 is 5.71. The molecule has 0 fully saturated rings. The van der Waals surface area contributed by atoms with Crippen LogP contribution in [0.4, 0.5) is 5.69 Å². The monoisotopic (exact) mass is 333 g/mol. The fourth-order valence-corrected chi connectivity index (χ4v) is 1.90. The first-order valence-electron chi connectivity index (χ1n) is 6.59. The van der Waals surface area contributed by atoms with Crippen molar-refractivity contribution in [1.82, 2.24) is 0 Å². The van der Waals surface area contributed by atoms with Crippen LogP contribution in [0.3, 0.4) is 0 Å². The van der Waals surface area contributed by atoms with Gasteiger partial charge in [0.15, 0.2) is 5.96 Å². The molecule has 8 heteroatoms. The summed E-state index contributed by atoms with van der Waals surface area (Å²) in [6.45, 7) is -0.228. The maximum Gasteiger partial charge on any atom is 0.223 e. The molecule has 0 heterocycles. The van der Waals surface area contributed by atoms with Gasteiger partial charge in [0.25, 0.3) is 0 Å². The van der Waals surface area contributed by atoms with E-state index in [1.165, 1.54) is 0 Å². The zero-order chi connectivity index (χ0) is 16.8. The molecular weight excluding hydrogens is 318 g/mol. The number of nitrogens with two attached hydrogens (primary N) is 3. The molecule has 0 saturated heterocycles. The van der Waals surface area contributed by atoms with Gasteiger partial charge in [0.1, 0.15) is 11.5 Å². The Kier molecular flexibility index (Phi) is 5.40. The van der Waals surface area contributed by atoms with Crippen LogP contribution >= 0.6 is 11.6 Å². The van der Waals surface area contributed by atoms with Crippen molar-refractivity contribution in [2.75, 3.05) is 0 Å². The van der Waals surface area contributed by atoms with E-state index in [0.717, 1.165) is 0 Å². The van der Waals surface area contributed by atoms with Crippen molar-refractivity contribution in [3.63, 3.8) is 0 Å². The second-order valence-electron chi connectivity index (χ2n) is 4.51. The van der Waals surface area contributed by atoms with Crippen molar-refractivity contribution in [1.29, 1.82) is 0 Å². The molecule has 0 aromatic heterocycles. The molecule has 0 aliphatic heterocycles. The van der Waals surface area contributed by atoms with Gasteiger partial charge in [-0.15, -0.1) is 0 Å². The molecule has 0 atom stereocenters. The molecule has 0 radical (unpaired) electrons. The van der Waals surface area contributed by atoms with Crippen molar-refractivity contribution in [3.8, 4) is 11.5 Å². The first-order valence-corrected chi connectivity index (χ1v) is 6.96. The van der Waals surface area contributed by atoms with Crippen molar-refractivity contribution in [3.05, 3.63) is 53.1 Å². The fourth-order valence-electron chi connectivity index (χ4n) is 1.78. The molecule has 0 aliphatic rings. The van der Waals surface area contributed by atoms with E-state index in [9.17, 15) is 5.11 Å². The van der Waals surface area contributed by atoms with E-state index in [-0.39, 0.29) is 18.5 Å². The van der Waals surface area contributed by atoms with Gasteiger partial charge in [-0.05, 0) is 42.5 Å². The van der Waals surface area contributed by atoms with Gasteiger partial charge in [-0.3, -0.25) is 0 Å². The van der Waals surface area contributed by atoms with Crippen LogP contribution in [-0.4, -0.2) is 17.0 Å². The molecule has 0 amide bonds. The van der Waals surface area contributed by atoms with Gasteiger partial charge in [0, 0.05) is 10.6 Å². The number of aliphatic hydroxyl groups excluding tert-OH is 1. The topological polar surface area (TPSA) is 132 Å². The summed E-state index contributed by atoms with van der Waals surface area (Å²) in [5.41, 5.74) is 17.0. The lowest BCUT2D eigenvalue weighted by molar-refractivity contribution is 0.276. The molecule has 2 aromatic carbocycles. The van der Waals surface area contributed by atoms with Crippen LogP contribution in [-0.2, 0) is 6.61 Å². The first-order chi connectivity index (χ1) is 11.0. The molecule has 23 heavy (non-hydrogen) atoms. The number of aliphatic hydroxyl groups is 1. The maximum absolute atomic E-state index is 9.50. The number of ether oxygens (including phenoxy) is 1.